The summed E-state index contributed by atoms with van der Waals surface area (Å²) in [5, 5.41) is 0. The van der Waals surface area contributed by atoms with E-state index in [9.17, 15) is 0 Å². The standard InChI is InChI=1S/C7H16N/c1-4-5-7(8)6(2)3/h7H,4-5,8H2,1-3H3. The SMILES string of the molecule is CCCC(N)[C](C)C. The van der Waals surface area contributed by atoms with Crippen molar-refractivity contribution in [2.75, 3.05) is 0 Å². The third-order valence-corrected chi connectivity index (χ3v) is 1.34. The molecule has 0 aromatic rings. The van der Waals surface area contributed by atoms with Crippen LogP contribution >= 0.6 is 0 Å². The summed E-state index contributed by atoms with van der Waals surface area (Å²) in [4.78, 5) is 0. The van der Waals surface area contributed by atoms with Gasteiger partial charge in [-0.25, -0.2) is 0 Å². The predicted octanol–water partition coefficient (Wildman–Crippen LogP) is 1.73. The van der Waals surface area contributed by atoms with E-state index in [1.807, 2.05) is 0 Å². The third-order valence-electron chi connectivity index (χ3n) is 1.34. The van der Waals surface area contributed by atoms with E-state index in [-0.39, 0.29) is 0 Å². The van der Waals surface area contributed by atoms with Gasteiger partial charge in [0.2, 0.25) is 0 Å². The van der Waals surface area contributed by atoms with Crippen molar-refractivity contribution in [3.05, 3.63) is 5.92 Å². The van der Waals surface area contributed by atoms with Crippen LogP contribution in [0.1, 0.15) is 33.6 Å². The first-order valence-corrected chi connectivity index (χ1v) is 3.24. The molecule has 0 heterocycles. The molecular formula is C7H16N. The summed E-state index contributed by atoms with van der Waals surface area (Å²) >= 11 is 0. The minimum atomic E-state index is 0.333. The van der Waals surface area contributed by atoms with Crippen molar-refractivity contribution >= 4 is 0 Å². The largest absolute Gasteiger partial charge is 0.327 e. The van der Waals surface area contributed by atoms with Crippen molar-refractivity contribution in [1.29, 1.82) is 0 Å². The fraction of sp³-hybridized carbons (Fsp3) is 0.857. The highest BCUT2D eigenvalue weighted by Gasteiger charge is 2.04. The van der Waals surface area contributed by atoms with E-state index in [1.165, 1.54) is 12.3 Å². The average molecular weight is 114 g/mol. The molecule has 8 heavy (non-hydrogen) atoms. The molecule has 1 atom stereocenters. The highest BCUT2D eigenvalue weighted by atomic mass is 14.6. The molecule has 1 nitrogen and oxygen atoms in total. The molecule has 0 rings (SSSR count). The Balaban J connectivity index is 3.17. The van der Waals surface area contributed by atoms with E-state index in [4.69, 9.17) is 5.73 Å². The molecule has 0 aliphatic rings. The maximum atomic E-state index is 5.69. The van der Waals surface area contributed by atoms with Crippen LogP contribution in [0.2, 0.25) is 0 Å². The van der Waals surface area contributed by atoms with Crippen molar-refractivity contribution in [3.63, 3.8) is 0 Å². The lowest BCUT2D eigenvalue weighted by Crippen LogP contribution is -2.24. The summed E-state index contributed by atoms with van der Waals surface area (Å²) in [5.41, 5.74) is 5.69. The van der Waals surface area contributed by atoms with Crippen molar-refractivity contribution in [2.45, 2.75) is 39.7 Å². The molecule has 0 saturated carbocycles. The van der Waals surface area contributed by atoms with E-state index >= 15 is 0 Å². The predicted molar refractivity (Wildman–Crippen MR) is 37.5 cm³/mol. The van der Waals surface area contributed by atoms with Gasteiger partial charge in [-0.05, 0) is 12.3 Å². The Morgan fingerprint density at radius 3 is 2.12 bits per heavy atom. The van der Waals surface area contributed by atoms with Crippen molar-refractivity contribution in [3.8, 4) is 0 Å². The second-order valence-corrected chi connectivity index (χ2v) is 2.47. The second kappa shape index (κ2) is 3.90. The molecule has 0 amide bonds. The van der Waals surface area contributed by atoms with Crippen molar-refractivity contribution in [2.24, 2.45) is 5.73 Å². The minimum Gasteiger partial charge on any atom is -0.327 e. The van der Waals surface area contributed by atoms with Crippen LogP contribution in [0.15, 0.2) is 0 Å². The highest BCUT2D eigenvalue weighted by Crippen LogP contribution is 2.05. The van der Waals surface area contributed by atoms with E-state index in [0.717, 1.165) is 6.42 Å². The van der Waals surface area contributed by atoms with Crippen LogP contribution in [-0.2, 0) is 0 Å². The van der Waals surface area contributed by atoms with E-state index in [2.05, 4.69) is 20.8 Å². The molecule has 0 aromatic carbocycles. The van der Waals surface area contributed by atoms with Crippen LogP contribution in [-0.4, -0.2) is 6.04 Å². The first-order valence-electron chi connectivity index (χ1n) is 3.24. The third kappa shape index (κ3) is 3.03. The maximum Gasteiger partial charge on any atom is 0.00958 e. The lowest BCUT2D eigenvalue weighted by molar-refractivity contribution is 0.617. The van der Waals surface area contributed by atoms with Gasteiger partial charge in [0.05, 0.1) is 0 Å². The summed E-state index contributed by atoms with van der Waals surface area (Å²) in [7, 11) is 0. The Morgan fingerprint density at radius 1 is 1.50 bits per heavy atom. The van der Waals surface area contributed by atoms with E-state index < -0.39 is 0 Å². The molecule has 2 N–H and O–H groups in total. The van der Waals surface area contributed by atoms with Gasteiger partial charge in [-0.2, -0.15) is 0 Å². The van der Waals surface area contributed by atoms with Crippen LogP contribution in [0.4, 0.5) is 0 Å². The Bertz CT molecular complexity index is 50.3. The molecule has 0 saturated heterocycles. The normalized spacial score (nSPS) is 14.6. The molecule has 0 aliphatic heterocycles. The molecule has 0 aliphatic carbocycles. The van der Waals surface area contributed by atoms with Gasteiger partial charge < -0.3 is 5.73 Å². The van der Waals surface area contributed by atoms with Gasteiger partial charge in [0.1, 0.15) is 0 Å². The quantitative estimate of drug-likeness (QED) is 0.594. The maximum absolute atomic E-state index is 5.69. The first-order chi connectivity index (χ1) is 3.68. The molecule has 49 valence electrons. The molecular weight excluding hydrogens is 98.1 g/mol. The Hall–Kier alpha value is -0.0400. The summed E-state index contributed by atoms with van der Waals surface area (Å²) in [6.07, 6.45) is 2.31. The van der Waals surface area contributed by atoms with Gasteiger partial charge in [-0.15, -0.1) is 0 Å². The highest BCUT2D eigenvalue weighted by molar-refractivity contribution is 4.89. The zero-order chi connectivity index (χ0) is 6.57. The fourth-order valence-corrected chi connectivity index (χ4v) is 0.600. The number of nitrogens with two attached hydrogens (primary N) is 1. The molecule has 0 bridgehead atoms. The number of rotatable bonds is 3. The van der Waals surface area contributed by atoms with Gasteiger partial charge >= 0.3 is 0 Å². The molecule has 1 heteroatoms. The lowest BCUT2D eigenvalue weighted by atomic mass is 10.0. The van der Waals surface area contributed by atoms with Crippen LogP contribution in [0, 0.1) is 5.92 Å². The molecule has 0 spiro atoms. The second-order valence-electron chi connectivity index (χ2n) is 2.47. The lowest BCUT2D eigenvalue weighted by Gasteiger charge is -2.12. The van der Waals surface area contributed by atoms with Gasteiger partial charge in [-0.3, -0.25) is 0 Å². The molecule has 0 fully saturated rings. The molecule has 1 unspecified atom stereocenters. The number of hydrogen-bond acceptors (Lipinski definition) is 1. The van der Waals surface area contributed by atoms with Crippen LogP contribution in [0.25, 0.3) is 0 Å². The van der Waals surface area contributed by atoms with Crippen LogP contribution in [0.5, 0.6) is 0 Å². The monoisotopic (exact) mass is 114 g/mol. The van der Waals surface area contributed by atoms with Gasteiger partial charge in [-0.1, -0.05) is 27.2 Å². The summed E-state index contributed by atoms with van der Waals surface area (Å²) in [5.74, 6) is 1.34. The van der Waals surface area contributed by atoms with Crippen LogP contribution < -0.4 is 5.73 Å². The summed E-state index contributed by atoms with van der Waals surface area (Å²) < 4.78 is 0. The molecule has 0 aromatic heterocycles. The summed E-state index contributed by atoms with van der Waals surface area (Å²) in [6.45, 7) is 6.32. The topological polar surface area (TPSA) is 26.0 Å². The average Bonchev–Trinajstić information content (AvgIpc) is 1.67. The minimum absolute atomic E-state index is 0.333. The van der Waals surface area contributed by atoms with Crippen molar-refractivity contribution < 1.29 is 0 Å². The van der Waals surface area contributed by atoms with Gasteiger partial charge in [0, 0.05) is 6.04 Å². The zero-order valence-corrected chi connectivity index (χ0v) is 6.07. The Kier molecular flexibility index (Phi) is 3.88. The zero-order valence-electron chi connectivity index (χ0n) is 6.07. The van der Waals surface area contributed by atoms with E-state index in [0.29, 0.717) is 6.04 Å². The Labute approximate surface area is 52.3 Å². The van der Waals surface area contributed by atoms with Crippen molar-refractivity contribution in [1.82, 2.24) is 0 Å². The fourth-order valence-electron chi connectivity index (χ4n) is 0.600. The first kappa shape index (κ1) is 7.96. The van der Waals surface area contributed by atoms with Crippen LogP contribution in [0.3, 0.4) is 0 Å². The Morgan fingerprint density at radius 2 is 2.00 bits per heavy atom. The smallest absolute Gasteiger partial charge is 0.00958 e. The molecule has 1 radical (unpaired) electrons. The van der Waals surface area contributed by atoms with Gasteiger partial charge in [0.25, 0.3) is 0 Å². The summed E-state index contributed by atoms with van der Waals surface area (Å²) in [6, 6.07) is 0.333. The van der Waals surface area contributed by atoms with Gasteiger partial charge in [0.15, 0.2) is 0 Å². The number of hydrogen-bond donors (Lipinski definition) is 1. The van der Waals surface area contributed by atoms with E-state index in [1.54, 1.807) is 0 Å².